The van der Waals surface area contributed by atoms with Gasteiger partial charge in [0.2, 0.25) is 0 Å². The van der Waals surface area contributed by atoms with E-state index in [9.17, 15) is 13.2 Å². The molecule has 2 aliphatic rings. The first-order valence-corrected chi connectivity index (χ1v) is 10.4. The highest BCUT2D eigenvalue weighted by atomic mass is 19.4. The molecule has 0 radical (unpaired) electrons. The van der Waals surface area contributed by atoms with Crippen LogP contribution in [0.25, 0.3) is 0 Å². The van der Waals surface area contributed by atoms with E-state index < -0.39 is 12.1 Å². The van der Waals surface area contributed by atoms with Crippen LogP contribution in [0.5, 0.6) is 5.75 Å². The van der Waals surface area contributed by atoms with E-state index in [-0.39, 0.29) is 11.7 Å². The highest BCUT2D eigenvalue weighted by Gasteiger charge is 2.43. The summed E-state index contributed by atoms with van der Waals surface area (Å²) in [7, 11) is 0. The third-order valence-electron chi connectivity index (χ3n) is 5.65. The van der Waals surface area contributed by atoms with Crippen molar-refractivity contribution in [1.29, 1.82) is 0 Å². The summed E-state index contributed by atoms with van der Waals surface area (Å²) in [6.45, 7) is 6.04. The molecule has 1 N–H and O–H groups in total. The number of hydrogen-bond donors (Lipinski definition) is 1. The Labute approximate surface area is 185 Å². The maximum absolute atomic E-state index is 10.6. The topological polar surface area (TPSA) is 71.9 Å². The van der Waals surface area contributed by atoms with Gasteiger partial charge in [0.15, 0.2) is 0 Å². The molecule has 1 spiro atoms. The van der Waals surface area contributed by atoms with Gasteiger partial charge in [0.1, 0.15) is 11.9 Å². The first-order valence-electron chi connectivity index (χ1n) is 10.4. The summed E-state index contributed by atoms with van der Waals surface area (Å²) in [5.41, 5.74) is 2.73. The minimum Gasteiger partial charge on any atom is -0.486 e. The number of piperidine rings is 1. The number of benzene rings is 1. The molecule has 2 aliphatic heterocycles. The van der Waals surface area contributed by atoms with Gasteiger partial charge in [-0.1, -0.05) is 29.8 Å². The van der Waals surface area contributed by atoms with Crippen molar-refractivity contribution < 1.29 is 32.5 Å². The molecule has 4 rings (SSSR count). The largest absolute Gasteiger partial charge is 0.490 e. The number of carboxylic acids is 1. The minimum atomic E-state index is -5.08. The number of likely N-dealkylation sites (tertiary alicyclic amines) is 1. The highest BCUT2D eigenvalue weighted by Crippen LogP contribution is 2.37. The van der Waals surface area contributed by atoms with E-state index in [0.717, 1.165) is 44.6 Å². The predicted octanol–water partition coefficient (Wildman–Crippen LogP) is 4.23. The number of rotatable bonds is 4. The van der Waals surface area contributed by atoms with Crippen molar-refractivity contribution in [2.24, 2.45) is 0 Å². The van der Waals surface area contributed by atoms with E-state index >= 15 is 0 Å². The number of hydrogen-bond acceptors (Lipinski definition) is 5. The van der Waals surface area contributed by atoms with E-state index in [4.69, 9.17) is 19.4 Å². The first kappa shape index (κ1) is 24.0. The summed E-state index contributed by atoms with van der Waals surface area (Å²) in [5, 5.41) is 7.12. The Morgan fingerprint density at radius 3 is 2.47 bits per heavy atom. The van der Waals surface area contributed by atoms with E-state index in [0.29, 0.717) is 6.61 Å². The van der Waals surface area contributed by atoms with Gasteiger partial charge in [-0.2, -0.15) is 13.2 Å². The van der Waals surface area contributed by atoms with E-state index in [1.54, 1.807) is 12.4 Å². The maximum atomic E-state index is 10.6. The molecule has 1 aromatic carbocycles. The molecule has 174 valence electrons. The molecule has 0 aliphatic carbocycles. The quantitative estimate of drug-likeness (QED) is 0.749. The van der Waals surface area contributed by atoms with Gasteiger partial charge in [0.05, 0.1) is 18.4 Å². The summed E-state index contributed by atoms with van der Waals surface area (Å²) >= 11 is 0. The van der Waals surface area contributed by atoms with Crippen LogP contribution in [-0.2, 0) is 16.1 Å². The fourth-order valence-electron chi connectivity index (χ4n) is 3.91. The number of carbonyl (C=O) groups is 1. The Kier molecular flexibility index (Phi) is 7.73. The van der Waals surface area contributed by atoms with Crippen molar-refractivity contribution in [3.63, 3.8) is 0 Å². The number of nitrogens with zero attached hydrogens (tertiary/aromatic N) is 2. The molecule has 1 unspecified atom stereocenters. The van der Waals surface area contributed by atoms with Crippen molar-refractivity contribution in [3.05, 3.63) is 59.9 Å². The van der Waals surface area contributed by atoms with E-state index in [2.05, 4.69) is 41.1 Å². The number of aryl methyl sites for hydroxylation is 1. The molecule has 2 fully saturated rings. The monoisotopic (exact) mass is 452 g/mol. The van der Waals surface area contributed by atoms with Crippen LogP contribution in [0, 0.1) is 6.92 Å². The maximum Gasteiger partial charge on any atom is 0.490 e. The lowest BCUT2D eigenvalue weighted by Crippen LogP contribution is -2.44. The average Bonchev–Trinajstić information content (AvgIpc) is 3.14. The average molecular weight is 452 g/mol. The molecular weight excluding hydrogens is 425 g/mol. The molecule has 1 aromatic heterocycles. The third kappa shape index (κ3) is 6.93. The second-order valence-electron chi connectivity index (χ2n) is 8.19. The molecule has 6 nitrogen and oxygen atoms in total. The Morgan fingerprint density at radius 2 is 1.91 bits per heavy atom. The number of aromatic nitrogens is 1. The van der Waals surface area contributed by atoms with E-state index in [1.165, 1.54) is 11.1 Å². The molecule has 2 aromatic rings. The predicted molar refractivity (Wildman–Crippen MR) is 111 cm³/mol. The lowest BCUT2D eigenvalue weighted by Gasteiger charge is -2.38. The molecule has 0 amide bonds. The van der Waals surface area contributed by atoms with Crippen molar-refractivity contribution >= 4 is 5.97 Å². The summed E-state index contributed by atoms with van der Waals surface area (Å²) in [4.78, 5) is 15.5. The van der Waals surface area contributed by atoms with Crippen LogP contribution in [-0.4, -0.2) is 58.5 Å². The van der Waals surface area contributed by atoms with Gasteiger partial charge in [0.25, 0.3) is 0 Å². The van der Waals surface area contributed by atoms with Gasteiger partial charge in [-0.3, -0.25) is 9.88 Å². The molecule has 9 heteroatoms. The number of pyridine rings is 1. The van der Waals surface area contributed by atoms with Gasteiger partial charge < -0.3 is 14.6 Å². The SMILES string of the molecule is Cc1ccc(CN2CCC3(CC2)CC(Oc2cccnc2)CO3)cc1.O=C(O)C(F)(F)F. The second-order valence-corrected chi connectivity index (χ2v) is 8.19. The minimum absolute atomic E-state index is 0.0106. The van der Waals surface area contributed by atoms with Crippen molar-refractivity contribution in [1.82, 2.24) is 9.88 Å². The summed E-state index contributed by atoms with van der Waals surface area (Å²) < 4.78 is 44.0. The third-order valence-corrected chi connectivity index (χ3v) is 5.65. The molecular formula is C23H27F3N2O4. The summed E-state index contributed by atoms with van der Waals surface area (Å²) in [6.07, 6.45) is 1.77. The standard InChI is InChI=1S/C21H26N2O2.C2HF3O2/c1-17-4-6-18(7-5-17)15-23-11-8-21(9-12-23)13-20(16-24-21)25-19-3-2-10-22-14-19;3-2(4,5)1(6)7/h2-7,10,14,20H,8-9,11-13,15-16H2,1H3;(H,6,7). The first-order chi connectivity index (χ1) is 15.2. The number of aliphatic carboxylic acids is 1. The van der Waals surface area contributed by atoms with Crippen LogP contribution in [0.3, 0.4) is 0 Å². The fraction of sp³-hybridized carbons (Fsp3) is 0.478. The number of ether oxygens (including phenoxy) is 2. The number of halogens is 3. The Bertz CT molecular complexity index is 867. The smallest absolute Gasteiger partial charge is 0.486 e. The molecule has 0 saturated carbocycles. The van der Waals surface area contributed by atoms with Gasteiger partial charge in [-0.05, 0) is 37.5 Å². The Hall–Kier alpha value is -2.65. The van der Waals surface area contributed by atoms with Crippen LogP contribution < -0.4 is 4.74 Å². The van der Waals surface area contributed by atoms with Crippen molar-refractivity contribution in [3.8, 4) is 5.75 Å². The van der Waals surface area contributed by atoms with Gasteiger partial charge >= 0.3 is 12.1 Å². The second kappa shape index (κ2) is 10.3. The number of carboxylic acid groups (broad SMARTS) is 1. The van der Waals surface area contributed by atoms with Crippen molar-refractivity contribution in [2.45, 2.75) is 50.6 Å². The molecule has 1 atom stereocenters. The highest BCUT2D eigenvalue weighted by molar-refractivity contribution is 5.73. The van der Waals surface area contributed by atoms with Gasteiger partial charge in [-0.25, -0.2) is 4.79 Å². The summed E-state index contributed by atoms with van der Waals surface area (Å²) in [6, 6.07) is 12.7. The van der Waals surface area contributed by atoms with Crippen LogP contribution >= 0.6 is 0 Å². The fourth-order valence-corrected chi connectivity index (χ4v) is 3.91. The normalized spacial score (nSPS) is 20.4. The van der Waals surface area contributed by atoms with E-state index in [1.807, 2.05) is 12.1 Å². The zero-order valence-electron chi connectivity index (χ0n) is 17.8. The summed E-state index contributed by atoms with van der Waals surface area (Å²) in [5.74, 6) is -1.92. The Balaban J connectivity index is 0.000000360. The zero-order chi connectivity index (χ0) is 23.2. The lowest BCUT2D eigenvalue weighted by molar-refractivity contribution is -0.192. The van der Waals surface area contributed by atoms with Crippen LogP contribution in [0.15, 0.2) is 48.8 Å². The van der Waals surface area contributed by atoms with Gasteiger partial charge in [0, 0.05) is 32.3 Å². The molecule has 2 saturated heterocycles. The van der Waals surface area contributed by atoms with Crippen LogP contribution in [0.2, 0.25) is 0 Å². The lowest BCUT2D eigenvalue weighted by atomic mass is 9.88. The van der Waals surface area contributed by atoms with Crippen LogP contribution in [0.4, 0.5) is 13.2 Å². The molecule has 3 heterocycles. The number of alkyl halides is 3. The van der Waals surface area contributed by atoms with Crippen LogP contribution in [0.1, 0.15) is 30.4 Å². The molecule has 32 heavy (non-hydrogen) atoms. The van der Waals surface area contributed by atoms with Gasteiger partial charge in [-0.15, -0.1) is 0 Å². The molecule has 0 bridgehead atoms. The Morgan fingerprint density at radius 1 is 1.25 bits per heavy atom. The zero-order valence-corrected chi connectivity index (χ0v) is 17.8. The van der Waals surface area contributed by atoms with Crippen molar-refractivity contribution in [2.75, 3.05) is 19.7 Å².